The quantitative estimate of drug-likeness (QED) is 0.220. The summed E-state index contributed by atoms with van der Waals surface area (Å²) in [4.78, 5) is 13.0. The molecular weight excluding hydrogens is 417 g/mol. The number of ether oxygens (including phenoxy) is 1. The van der Waals surface area contributed by atoms with Crippen LogP contribution in [0.1, 0.15) is 12.7 Å². The molecule has 0 N–H and O–H groups in total. The summed E-state index contributed by atoms with van der Waals surface area (Å²) in [5.41, 5.74) is 0.228. The van der Waals surface area contributed by atoms with Gasteiger partial charge in [0.1, 0.15) is 5.76 Å². The number of carbonyl (C=O) groups is 1. The highest BCUT2D eigenvalue weighted by Gasteiger charge is 2.29. The van der Waals surface area contributed by atoms with Gasteiger partial charge in [0.2, 0.25) is 0 Å². The second-order valence-electron chi connectivity index (χ2n) is 7.01. The van der Waals surface area contributed by atoms with Gasteiger partial charge in [0.05, 0.1) is 19.9 Å². The maximum Gasteiger partial charge on any atom is 0.356 e. The highest BCUT2D eigenvalue weighted by molar-refractivity contribution is 7.87. The van der Waals surface area contributed by atoms with Gasteiger partial charge in [-0.05, 0) is 19.1 Å². The molecule has 0 radical (unpaired) electrons. The average molecular weight is 441 g/mol. The summed E-state index contributed by atoms with van der Waals surface area (Å²) in [5.74, 6) is 0.0696. The SMILES string of the molecule is CCOC(=O)/C(=C/c1ccco1)N=P(c1ccccc1)(c1ccccc1)c1ccccc1. The van der Waals surface area contributed by atoms with Gasteiger partial charge < -0.3 is 9.15 Å². The smallest absolute Gasteiger partial charge is 0.356 e. The van der Waals surface area contributed by atoms with Gasteiger partial charge in [-0.1, -0.05) is 91.0 Å². The number of benzene rings is 3. The Bertz CT molecular complexity index is 1130. The van der Waals surface area contributed by atoms with E-state index in [0.29, 0.717) is 5.76 Å². The topological polar surface area (TPSA) is 51.8 Å². The van der Waals surface area contributed by atoms with Crippen molar-refractivity contribution in [1.82, 2.24) is 0 Å². The highest BCUT2D eigenvalue weighted by atomic mass is 31.2. The zero-order valence-corrected chi connectivity index (χ0v) is 18.7. The second kappa shape index (κ2) is 10.1. The first-order valence-corrected chi connectivity index (χ1v) is 12.2. The number of rotatable bonds is 7. The van der Waals surface area contributed by atoms with E-state index in [2.05, 4.69) is 36.4 Å². The lowest BCUT2D eigenvalue weighted by Crippen LogP contribution is -2.26. The van der Waals surface area contributed by atoms with E-state index in [1.54, 1.807) is 31.4 Å². The van der Waals surface area contributed by atoms with Crippen molar-refractivity contribution >= 4 is 35.0 Å². The van der Waals surface area contributed by atoms with E-state index in [1.807, 2.05) is 54.6 Å². The van der Waals surface area contributed by atoms with Crippen molar-refractivity contribution in [3.63, 3.8) is 0 Å². The van der Waals surface area contributed by atoms with Crippen molar-refractivity contribution in [1.29, 1.82) is 0 Å². The van der Waals surface area contributed by atoms with Crippen LogP contribution in [0.4, 0.5) is 0 Å². The maximum atomic E-state index is 13.0. The molecule has 4 aromatic rings. The molecule has 0 atom stereocenters. The van der Waals surface area contributed by atoms with Crippen LogP contribution in [0.2, 0.25) is 0 Å². The van der Waals surface area contributed by atoms with E-state index >= 15 is 0 Å². The molecule has 0 amide bonds. The van der Waals surface area contributed by atoms with Crippen molar-refractivity contribution < 1.29 is 13.9 Å². The van der Waals surface area contributed by atoms with Crippen LogP contribution in [-0.2, 0) is 9.53 Å². The minimum atomic E-state index is -2.59. The van der Waals surface area contributed by atoms with Crippen molar-refractivity contribution in [3.05, 3.63) is 121 Å². The van der Waals surface area contributed by atoms with Crippen molar-refractivity contribution in [2.24, 2.45) is 4.74 Å². The molecule has 32 heavy (non-hydrogen) atoms. The molecule has 0 aliphatic heterocycles. The summed E-state index contributed by atoms with van der Waals surface area (Å²) >= 11 is 0. The summed E-state index contributed by atoms with van der Waals surface area (Å²) < 4.78 is 16.1. The molecule has 4 nitrogen and oxygen atoms in total. The molecule has 4 rings (SSSR count). The monoisotopic (exact) mass is 441 g/mol. The van der Waals surface area contributed by atoms with Crippen LogP contribution < -0.4 is 15.9 Å². The van der Waals surface area contributed by atoms with Crippen LogP contribution in [-0.4, -0.2) is 12.6 Å². The third-order valence-corrected chi connectivity index (χ3v) is 8.61. The van der Waals surface area contributed by atoms with E-state index in [9.17, 15) is 4.79 Å². The lowest BCUT2D eigenvalue weighted by Gasteiger charge is -2.27. The van der Waals surface area contributed by atoms with Gasteiger partial charge in [-0.25, -0.2) is 9.54 Å². The zero-order chi connectivity index (χ0) is 22.2. The minimum absolute atomic E-state index is 0.228. The Morgan fingerprint density at radius 3 is 1.72 bits per heavy atom. The molecule has 0 spiro atoms. The molecule has 1 heterocycles. The second-order valence-corrected chi connectivity index (χ2v) is 10.0. The number of hydrogen-bond donors (Lipinski definition) is 0. The fraction of sp³-hybridized carbons (Fsp3) is 0.0741. The molecular formula is C27H24NO3P. The minimum Gasteiger partial charge on any atom is -0.465 e. The molecule has 0 aliphatic rings. The molecule has 1 aromatic heterocycles. The molecule has 160 valence electrons. The van der Waals surface area contributed by atoms with E-state index in [1.165, 1.54) is 0 Å². The van der Waals surface area contributed by atoms with E-state index < -0.39 is 13.0 Å². The summed E-state index contributed by atoms with van der Waals surface area (Å²) in [5, 5.41) is 3.14. The molecule has 0 unspecified atom stereocenters. The lowest BCUT2D eigenvalue weighted by molar-refractivity contribution is -0.138. The number of esters is 1. The Hall–Kier alpha value is -3.62. The lowest BCUT2D eigenvalue weighted by atomic mass is 10.3. The Labute approximate surface area is 188 Å². The number of nitrogens with zero attached hydrogens (tertiary/aromatic N) is 1. The van der Waals surface area contributed by atoms with Crippen LogP contribution in [0.3, 0.4) is 0 Å². The van der Waals surface area contributed by atoms with Crippen LogP contribution in [0, 0.1) is 0 Å². The van der Waals surface area contributed by atoms with Gasteiger partial charge in [0, 0.05) is 22.0 Å². The van der Waals surface area contributed by atoms with Crippen LogP contribution in [0.5, 0.6) is 0 Å². The Morgan fingerprint density at radius 2 is 1.31 bits per heavy atom. The first kappa shape index (κ1) is 21.6. The number of furan rings is 1. The van der Waals surface area contributed by atoms with Crippen LogP contribution in [0.25, 0.3) is 6.08 Å². The fourth-order valence-corrected chi connectivity index (χ4v) is 7.07. The van der Waals surface area contributed by atoms with Gasteiger partial charge in [-0.2, -0.15) is 0 Å². The Balaban J connectivity index is 2.10. The van der Waals surface area contributed by atoms with Crippen molar-refractivity contribution in [2.75, 3.05) is 6.61 Å². The summed E-state index contributed by atoms with van der Waals surface area (Å²) in [7, 11) is -2.59. The molecule has 0 saturated heterocycles. The summed E-state index contributed by atoms with van der Waals surface area (Å²) in [6, 6.07) is 34.0. The molecule has 0 bridgehead atoms. The number of hydrogen-bond acceptors (Lipinski definition) is 4. The molecule has 0 saturated carbocycles. The van der Waals surface area contributed by atoms with Gasteiger partial charge in [0.25, 0.3) is 0 Å². The van der Waals surface area contributed by atoms with Crippen LogP contribution >= 0.6 is 7.05 Å². The Kier molecular flexibility index (Phi) is 6.84. The van der Waals surface area contributed by atoms with Gasteiger partial charge in [-0.15, -0.1) is 0 Å². The normalized spacial score (nSPS) is 11.7. The van der Waals surface area contributed by atoms with Gasteiger partial charge in [0.15, 0.2) is 5.70 Å². The van der Waals surface area contributed by atoms with E-state index in [-0.39, 0.29) is 12.3 Å². The molecule has 0 aliphatic carbocycles. The Morgan fingerprint density at radius 1 is 0.812 bits per heavy atom. The molecule has 0 fully saturated rings. The summed E-state index contributed by atoms with van der Waals surface area (Å²) in [6.45, 7) is 2.05. The van der Waals surface area contributed by atoms with Gasteiger partial charge in [-0.3, -0.25) is 0 Å². The highest BCUT2D eigenvalue weighted by Crippen LogP contribution is 2.48. The maximum absolute atomic E-state index is 13.0. The van der Waals surface area contributed by atoms with Crippen molar-refractivity contribution in [2.45, 2.75) is 6.92 Å². The van der Waals surface area contributed by atoms with E-state index in [0.717, 1.165) is 15.9 Å². The van der Waals surface area contributed by atoms with Gasteiger partial charge >= 0.3 is 5.97 Å². The first-order chi connectivity index (χ1) is 15.7. The third-order valence-electron chi connectivity index (χ3n) is 4.95. The molecule has 3 aromatic carbocycles. The molecule has 5 heteroatoms. The third kappa shape index (κ3) is 4.51. The van der Waals surface area contributed by atoms with E-state index in [4.69, 9.17) is 13.9 Å². The fourth-order valence-electron chi connectivity index (χ4n) is 3.56. The average Bonchev–Trinajstić information content (AvgIpc) is 3.37. The van der Waals surface area contributed by atoms with Crippen molar-refractivity contribution in [3.8, 4) is 0 Å². The number of carbonyl (C=O) groups excluding carboxylic acids is 1. The zero-order valence-electron chi connectivity index (χ0n) is 17.8. The van der Waals surface area contributed by atoms with Crippen LogP contribution in [0.15, 0.2) is 124 Å². The predicted molar refractivity (Wildman–Crippen MR) is 131 cm³/mol. The largest absolute Gasteiger partial charge is 0.465 e. The predicted octanol–water partition coefficient (Wildman–Crippen LogP) is 5.36. The standard InChI is InChI=1S/C27H24NO3P/c1-2-30-27(29)26(21-22-13-12-20-31-22)28-32(23-14-6-3-7-15-23,24-16-8-4-9-17-24)25-18-10-5-11-19-25/h3-21H,2H2,1H3/b26-21-. The first-order valence-electron chi connectivity index (χ1n) is 10.5. The summed E-state index contributed by atoms with van der Waals surface area (Å²) in [6.07, 6.45) is 3.23.